The number of aryl methyl sites for hydroxylation is 1. The lowest BCUT2D eigenvalue weighted by Gasteiger charge is -2.12. The average molecular weight is 484 g/mol. The molecule has 0 aliphatic carbocycles. The molecule has 5 nitrogen and oxygen atoms in total. The van der Waals surface area contributed by atoms with E-state index in [2.05, 4.69) is 25.8 Å². The van der Waals surface area contributed by atoms with Crippen LogP contribution in [0, 0.1) is 0 Å². The molecule has 2 heterocycles. The molecular weight excluding hydrogens is 468 g/mol. The van der Waals surface area contributed by atoms with E-state index >= 15 is 0 Å². The van der Waals surface area contributed by atoms with Crippen molar-refractivity contribution in [3.05, 3.63) is 64.7 Å². The van der Waals surface area contributed by atoms with Crippen LogP contribution in [0.5, 0.6) is 5.75 Å². The van der Waals surface area contributed by atoms with Gasteiger partial charge in [-0.05, 0) is 42.3 Å². The van der Waals surface area contributed by atoms with Gasteiger partial charge in [-0.3, -0.25) is 14.9 Å². The number of hydrogen-bond acceptors (Lipinski definition) is 3. The van der Waals surface area contributed by atoms with E-state index in [-0.39, 0.29) is 5.75 Å². The first-order chi connectivity index (χ1) is 14.5. The number of carbonyl (C=O) groups is 2. The van der Waals surface area contributed by atoms with Crippen LogP contribution in [0.3, 0.4) is 0 Å². The first-order valence-corrected chi connectivity index (χ1v) is 11.0. The minimum atomic E-state index is -0.437. The molecule has 4 aromatic rings. The van der Waals surface area contributed by atoms with Crippen molar-refractivity contribution in [1.29, 1.82) is 0 Å². The first kappa shape index (κ1) is 19.2. The maximum atomic E-state index is 12.9. The van der Waals surface area contributed by atoms with Gasteiger partial charge < -0.3 is 9.67 Å². The molecule has 30 heavy (non-hydrogen) atoms. The SMILES string of the molecule is O=C1NC(=O)c2c1c(-c1ccccc1Cl)cc1c2c2cc(O)ccc2n1CCCBr. The molecule has 0 bridgehead atoms. The third-order valence-electron chi connectivity index (χ3n) is 5.50. The van der Waals surface area contributed by atoms with Crippen LogP contribution in [-0.4, -0.2) is 26.8 Å². The number of amides is 2. The largest absolute Gasteiger partial charge is 0.508 e. The Morgan fingerprint density at radius 1 is 0.967 bits per heavy atom. The van der Waals surface area contributed by atoms with Crippen LogP contribution in [-0.2, 0) is 6.54 Å². The van der Waals surface area contributed by atoms with E-state index in [0.717, 1.165) is 28.2 Å². The summed E-state index contributed by atoms with van der Waals surface area (Å²) in [5.41, 5.74) is 3.70. The molecule has 7 heteroatoms. The molecule has 1 aliphatic heterocycles. The third-order valence-corrected chi connectivity index (χ3v) is 6.39. The average Bonchev–Trinajstić information content (AvgIpc) is 3.19. The fourth-order valence-electron chi connectivity index (χ4n) is 4.29. The molecule has 0 unspecified atom stereocenters. The van der Waals surface area contributed by atoms with E-state index in [1.807, 2.05) is 30.3 Å². The van der Waals surface area contributed by atoms with Gasteiger partial charge >= 0.3 is 0 Å². The van der Waals surface area contributed by atoms with E-state index in [1.54, 1.807) is 18.2 Å². The van der Waals surface area contributed by atoms with Crippen molar-refractivity contribution in [3.63, 3.8) is 0 Å². The van der Waals surface area contributed by atoms with Gasteiger partial charge in [0.25, 0.3) is 11.8 Å². The third kappa shape index (κ3) is 2.75. The van der Waals surface area contributed by atoms with E-state index in [9.17, 15) is 14.7 Å². The second kappa shape index (κ2) is 7.15. The predicted molar refractivity (Wildman–Crippen MR) is 122 cm³/mol. The molecule has 0 atom stereocenters. The summed E-state index contributed by atoms with van der Waals surface area (Å²) in [5.74, 6) is -0.763. The van der Waals surface area contributed by atoms with Crippen molar-refractivity contribution in [1.82, 2.24) is 9.88 Å². The van der Waals surface area contributed by atoms with Crippen molar-refractivity contribution < 1.29 is 14.7 Å². The Balaban J connectivity index is 1.98. The number of aromatic nitrogens is 1. The first-order valence-electron chi connectivity index (χ1n) is 9.49. The molecule has 0 saturated carbocycles. The van der Waals surface area contributed by atoms with E-state index in [4.69, 9.17) is 11.6 Å². The second-order valence-electron chi connectivity index (χ2n) is 7.23. The lowest BCUT2D eigenvalue weighted by molar-refractivity contribution is 0.0880. The fourth-order valence-corrected chi connectivity index (χ4v) is 4.77. The highest BCUT2D eigenvalue weighted by Crippen LogP contribution is 2.42. The van der Waals surface area contributed by atoms with Crippen LogP contribution in [0.4, 0.5) is 0 Å². The summed E-state index contributed by atoms with van der Waals surface area (Å²) in [5, 5.41) is 15.3. The Morgan fingerprint density at radius 3 is 2.50 bits per heavy atom. The van der Waals surface area contributed by atoms with Gasteiger partial charge in [0.05, 0.1) is 16.6 Å². The number of imide groups is 1. The molecule has 1 aliphatic rings. The second-order valence-corrected chi connectivity index (χ2v) is 8.43. The van der Waals surface area contributed by atoms with Gasteiger partial charge in [-0.2, -0.15) is 0 Å². The summed E-state index contributed by atoms with van der Waals surface area (Å²) in [4.78, 5) is 25.6. The summed E-state index contributed by atoms with van der Waals surface area (Å²) >= 11 is 9.94. The molecule has 5 rings (SSSR count). The summed E-state index contributed by atoms with van der Waals surface area (Å²) in [6, 6.07) is 14.3. The molecule has 2 amide bonds. The molecule has 150 valence electrons. The van der Waals surface area contributed by atoms with Crippen LogP contribution in [0.15, 0.2) is 48.5 Å². The highest BCUT2D eigenvalue weighted by molar-refractivity contribution is 9.09. The number of nitrogens with one attached hydrogen (secondary N) is 1. The van der Waals surface area contributed by atoms with Gasteiger partial charge in [0.2, 0.25) is 0 Å². The summed E-state index contributed by atoms with van der Waals surface area (Å²) in [7, 11) is 0. The number of halogens is 2. The molecule has 0 saturated heterocycles. The van der Waals surface area contributed by atoms with Crippen molar-refractivity contribution in [2.24, 2.45) is 0 Å². The molecule has 0 radical (unpaired) electrons. The van der Waals surface area contributed by atoms with Gasteiger partial charge in [0.15, 0.2) is 0 Å². The highest BCUT2D eigenvalue weighted by atomic mass is 79.9. The summed E-state index contributed by atoms with van der Waals surface area (Å²) < 4.78 is 2.13. The van der Waals surface area contributed by atoms with Crippen molar-refractivity contribution in [2.75, 3.05) is 5.33 Å². The van der Waals surface area contributed by atoms with Crippen molar-refractivity contribution >= 4 is 61.2 Å². The normalized spacial score (nSPS) is 13.3. The Morgan fingerprint density at radius 2 is 1.73 bits per heavy atom. The number of hydrogen-bond donors (Lipinski definition) is 2. The Hall–Kier alpha value is -2.83. The molecule has 3 aromatic carbocycles. The Labute approximate surface area is 185 Å². The number of carbonyl (C=O) groups excluding carboxylic acids is 2. The number of fused-ring (bicyclic) bond motifs is 5. The molecule has 1 aromatic heterocycles. The fraction of sp³-hybridized carbons (Fsp3) is 0.130. The van der Waals surface area contributed by atoms with Gasteiger partial charge in [0, 0.05) is 38.8 Å². The minimum absolute atomic E-state index is 0.107. The zero-order valence-electron chi connectivity index (χ0n) is 15.7. The quantitative estimate of drug-likeness (QED) is 0.298. The maximum absolute atomic E-state index is 12.9. The predicted octanol–water partition coefficient (Wildman–Crippen LogP) is 5.49. The number of aromatic hydroxyl groups is 1. The maximum Gasteiger partial charge on any atom is 0.259 e. The summed E-state index contributed by atoms with van der Waals surface area (Å²) in [6.45, 7) is 0.715. The minimum Gasteiger partial charge on any atom is -0.508 e. The van der Waals surface area contributed by atoms with Crippen molar-refractivity contribution in [2.45, 2.75) is 13.0 Å². The molecular formula is C23H16BrClN2O3. The van der Waals surface area contributed by atoms with Gasteiger partial charge in [-0.25, -0.2) is 0 Å². The zero-order chi connectivity index (χ0) is 21.0. The number of alkyl halides is 1. The van der Waals surface area contributed by atoms with Crippen LogP contribution in [0.2, 0.25) is 5.02 Å². The Kier molecular flexibility index (Phi) is 4.56. The number of nitrogens with zero attached hydrogens (tertiary/aromatic N) is 1. The standard InChI is InChI=1S/C23H16BrClN2O3/c24-8-3-9-27-17-7-6-12(28)10-15(17)19-18(27)11-14(13-4-1-2-5-16(13)25)20-21(19)23(30)26-22(20)29/h1-2,4-7,10-11,28H,3,8-9H2,(H,26,29,30). The van der Waals surface area contributed by atoms with Gasteiger partial charge in [-0.15, -0.1) is 0 Å². The number of benzene rings is 3. The van der Waals surface area contributed by atoms with Gasteiger partial charge in [0.1, 0.15) is 5.75 Å². The topological polar surface area (TPSA) is 71.3 Å². The van der Waals surface area contributed by atoms with Crippen LogP contribution in [0.1, 0.15) is 27.1 Å². The summed E-state index contributed by atoms with van der Waals surface area (Å²) in [6.07, 6.45) is 0.878. The molecule has 2 N–H and O–H groups in total. The van der Waals surface area contributed by atoms with Gasteiger partial charge in [-0.1, -0.05) is 45.7 Å². The zero-order valence-corrected chi connectivity index (χ0v) is 18.0. The smallest absolute Gasteiger partial charge is 0.259 e. The lowest BCUT2D eigenvalue weighted by Crippen LogP contribution is -2.20. The van der Waals surface area contributed by atoms with Crippen LogP contribution in [0.25, 0.3) is 32.9 Å². The van der Waals surface area contributed by atoms with E-state index in [1.165, 1.54) is 0 Å². The monoisotopic (exact) mass is 482 g/mol. The van der Waals surface area contributed by atoms with Crippen LogP contribution >= 0.6 is 27.5 Å². The molecule has 0 spiro atoms. The van der Waals surface area contributed by atoms with E-state index < -0.39 is 11.8 Å². The molecule has 0 fully saturated rings. The Bertz CT molecular complexity index is 1380. The number of rotatable bonds is 4. The highest BCUT2D eigenvalue weighted by Gasteiger charge is 2.34. The van der Waals surface area contributed by atoms with Crippen molar-refractivity contribution in [3.8, 4) is 16.9 Å². The van der Waals surface area contributed by atoms with Crippen LogP contribution < -0.4 is 5.32 Å². The number of phenols is 1. The number of phenolic OH excluding ortho intramolecular Hbond substituents is 1. The lowest BCUT2D eigenvalue weighted by atomic mass is 9.93. The van der Waals surface area contributed by atoms with E-state index in [0.29, 0.717) is 39.2 Å².